The van der Waals surface area contributed by atoms with Crippen LogP contribution in [0.25, 0.3) is 10.8 Å². The minimum Gasteiger partial charge on any atom is -0.390 e. The number of H-pyrrole nitrogens is 1. The third-order valence-corrected chi connectivity index (χ3v) is 5.81. The predicted molar refractivity (Wildman–Crippen MR) is 114 cm³/mol. The third kappa shape index (κ3) is 4.00. The van der Waals surface area contributed by atoms with E-state index in [4.69, 9.17) is 11.6 Å². The number of aliphatic hydroxyl groups is 1. The molecule has 0 aliphatic carbocycles. The second-order valence-corrected chi connectivity index (χ2v) is 7.96. The van der Waals surface area contributed by atoms with Crippen molar-refractivity contribution >= 4 is 34.0 Å². The van der Waals surface area contributed by atoms with Gasteiger partial charge in [-0.15, -0.1) is 0 Å². The summed E-state index contributed by atoms with van der Waals surface area (Å²) in [6, 6.07) is 6.51. The van der Waals surface area contributed by atoms with Gasteiger partial charge in [0.2, 0.25) is 5.91 Å². The van der Waals surface area contributed by atoms with Gasteiger partial charge in [0.05, 0.1) is 30.3 Å². The maximum Gasteiger partial charge on any atom is 0.256 e. The maximum absolute atomic E-state index is 14.5. The number of carbonyl (C=O) groups excluding carboxylic acids is 1. The number of carbonyl (C=O) groups is 1. The molecule has 1 unspecified atom stereocenters. The normalized spacial score (nSPS) is 15.8. The minimum absolute atomic E-state index is 0.0540. The molecule has 1 aliphatic heterocycles. The largest absolute Gasteiger partial charge is 0.390 e. The highest BCUT2D eigenvalue weighted by Crippen LogP contribution is 2.33. The Morgan fingerprint density at radius 2 is 2.03 bits per heavy atom. The highest BCUT2D eigenvalue weighted by molar-refractivity contribution is 6.30. The van der Waals surface area contributed by atoms with E-state index in [-0.39, 0.29) is 30.1 Å². The Bertz CT molecular complexity index is 1240. The fourth-order valence-corrected chi connectivity index (χ4v) is 4.31. The van der Waals surface area contributed by atoms with Crippen LogP contribution in [0.4, 0.5) is 14.5 Å². The van der Waals surface area contributed by atoms with Crippen molar-refractivity contribution in [3.05, 3.63) is 74.2 Å². The Labute approximate surface area is 181 Å². The van der Waals surface area contributed by atoms with Crippen molar-refractivity contribution in [3.8, 4) is 0 Å². The second-order valence-electron chi connectivity index (χ2n) is 7.53. The average molecular weight is 448 g/mol. The van der Waals surface area contributed by atoms with E-state index in [0.717, 1.165) is 11.6 Å². The molecule has 1 atom stereocenters. The Morgan fingerprint density at radius 1 is 1.26 bits per heavy atom. The molecule has 162 valence electrons. The predicted octanol–water partition coefficient (Wildman–Crippen LogP) is 3.51. The van der Waals surface area contributed by atoms with Crippen LogP contribution in [-0.4, -0.2) is 34.0 Å². The van der Waals surface area contributed by atoms with Gasteiger partial charge in [-0.2, -0.15) is 0 Å². The molecule has 9 heteroatoms. The molecular formula is C22H20ClF2N3O3. The lowest BCUT2D eigenvalue weighted by Crippen LogP contribution is -2.42. The second kappa shape index (κ2) is 8.28. The molecule has 3 aromatic rings. The first-order chi connectivity index (χ1) is 14.8. The number of halogens is 3. The van der Waals surface area contributed by atoms with Crippen LogP contribution in [0.5, 0.6) is 0 Å². The first-order valence-electron chi connectivity index (χ1n) is 9.76. The zero-order valence-electron chi connectivity index (χ0n) is 16.6. The lowest BCUT2D eigenvalue weighted by molar-refractivity contribution is -0.131. The first kappa shape index (κ1) is 21.3. The summed E-state index contributed by atoms with van der Waals surface area (Å²) in [4.78, 5) is 28.8. The zero-order valence-corrected chi connectivity index (χ0v) is 17.4. The van der Waals surface area contributed by atoms with Crippen molar-refractivity contribution in [2.75, 3.05) is 18.4 Å². The van der Waals surface area contributed by atoms with E-state index in [0.29, 0.717) is 34.6 Å². The number of fused-ring (bicyclic) bond motifs is 2. The van der Waals surface area contributed by atoms with Crippen LogP contribution in [0.15, 0.2) is 35.1 Å². The van der Waals surface area contributed by atoms with Gasteiger partial charge in [0.25, 0.3) is 5.56 Å². The molecule has 1 amide bonds. The van der Waals surface area contributed by atoms with Crippen molar-refractivity contribution in [1.29, 1.82) is 0 Å². The number of aliphatic hydroxyl groups excluding tert-OH is 1. The van der Waals surface area contributed by atoms with Gasteiger partial charge in [-0.05, 0) is 54.6 Å². The molecule has 31 heavy (non-hydrogen) atoms. The van der Waals surface area contributed by atoms with E-state index in [9.17, 15) is 23.5 Å². The highest BCUT2D eigenvalue weighted by atomic mass is 35.5. The number of hydrogen-bond acceptors (Lipinski definition) is 4. The maximum atomic E-state index is 14.5. The Kier molecular flexibility index (Phi) is 5.68. The number of anilines is 1. The number of nitrogens with one attached hydrogen (secondary N) is 2. The summed E-state index contributed by atoms with van der Waals surface area (Å²) >= 11 is 5.93. The zero-order chi connectivity index (χ0) is 22.3. The topological polar surface area (TPSA) is 85.4 Å². The van der Waals surface area contributed by atoms with Crippen LogP contribution in [0, 0.1) is 11.6 Å². The van der Waals surface area contributed by atoms with Gasteiger partial charge < -0.3 is 20.3 Å². The molecule has 1 aliphatic rings. The fourth-order valence-electron chi connectivity index (χ4n) is 4.08. The molecule has 0 radical (unpaired) electrons. The lowest BCUT2D eigenvalue weighted by Gasteiger charge is -2.35. The monoisotopic (exact) mass is 447 g/mol. The summed E-state index contributed by atoms with van der Waals surface area (Å²) in [5.41, 5.74) is 1.06. The van der Waals surface area contributed by atoms with Gasteiger partial charge in [0.15, 0.2) is 0 Å². The molecule has 2 aromatic carbocycles. The minimum atomic E-state index is -0.680. The average Bonchev–Trinajstić information content (AvgIpc) is 2.72. The SMILES string of the molecule is CC1c2c(F)cc(Cl)cc2CCN1C(=O)CNc1cc2cc(CO)[nH]c(=O)c2cc1F. The Balaban J connectivity index is 1.54. The quantitative estimate of drug-likeness (QED) is 0.571. The summed E-state index contributed by atoms with van der Waals surface area (Å²) in [7, 11) is 0. The van der Waals surface area contributed by atoms with Crippen molar-refractivity contribution in [2.24, 2.45) is 0 Å². The summed E-state index contributed by atoms with van der Waals surface area (Å²) in [5.74, 6) is -1.44. The number of hydrogen-bond donors (Lipinski definition) is 3. The number of pyridine rings is 1. The fraction of sp³-hybridized carbons (Fsp3) is 0.273. The number of aromatic amines is 1. The molecule has 2 heterocycles. The molecule has 0 fully saturated rings. The Morgan fingerprint density at radius 3 is 2.77 bits per heavy atom. The smallest absolute Gasteiger partial charge is 0.256 e. The van der Waals surface area contributed by atoms with Crippen molar-refractivity contribution in [1.82, 2.24) is 9.88 Å². The lowest BCUT2D eigenvalue weighted by atomic mass is 9.93. The molecule has 4 rings (SSSR count). The molecule has 3 N–H and O–H groups in total. The summed E-state index contributed by atoms with van der Waals surface area (Å²) in [6.07, 6.45) is 0.472. The van der Waals surface area contributed by atoms with Crippen molar-refractivity contribution < 1.29 is 18.7 Å². The number of benzene rings is 2. The van der Waals surface area contributed by atoms with Crippen LogP contribution in [0.2, 0.25) is 5.02 Å². The van der Waals surface area contributed by atoms with Crippen molar-refractivity contribution in [2.45, 2.75) is 26.0 Å². The van der Waals surface area contributed by atoms with Gasteiger partial charge in [-0.25, -0.2) is 8.78 Å². The molecule has 1 aromatic heterocycles. The highest BCUT2D eigenvalue weighted by Gasteiger charge is 2.30. The number of aromatic nitrogens is 1. The summed E-state index contributed by atoms with van der Waals surface area (Å²) in [6.45, 7) is 1.57. The molecule has 6 nitrogen and oxygen atoms in total. The van der Waals surface area contributed by atoms with Gasteiger partial charge in [-0.1, -0.05) is 11.6 Å². The van der Waals surface area contributed by atoms with Crippen molar-refractivity contribution in [3.63, 3.8) is 0 Å². The van der Waals surface area contributed by atoms with Gasteiger partial charge in [0.1, 0.15) is 11.6 Å². The summed E-state index contributed by atoms with van der Waals surface area (Å²) in [5, 5.41) is 12.9. The van der Waals surface area contributed by atoms with Crippen LogP contribution < -0.4 is 10.9 Å². The van der Waals surface area contributed by atoms with E-state index in [1.165, 1.54) is 12.1 Å². The molecule has 0 saturated carbocycles. The molecule has 0 spiro atoms. The van der Waals surface area contributed by atoms with Gasteiger partial charge in [-0.3, -0.25) is 9.59 Å². The van der Waals surface area contributed by atoms with Crippen LogP contribution in [0.1, 0.15) is 29.8 Å². The third-order valence-electron chi connectivity index (χ3n) is 5.60. The Hall–Kier alpha value is -2.97. The number of nitrogens with zero attached hydrogens (tertiary/aromatic N) is 1. The molecule has 0 bridgehead atoms. The number of rotatable bonds is 4. The first-order valence-corrected chi connectivity index (χ1v) is 10.1. The standard InChI is InChI=1S/C22H20ClF2N3O3/c1-11-21-12(4-14(23)7-18(21)25)2-3-28(11)20(30)9-26-19-6-13-5-15(10-29)27-22(31)16(13)8-17(19)24/h4-8,11,26,29H,2-3,9-10H2,1H3,(H,27,31). The van der Waals surface area contributed by atoms with Gasteiger partial charge in [0, 0.05) is 22.8 Å². The molecule has 0 saturated heterocycles. The van der Waals surface area contributed by atoms with E-state index in [2.05, 4.69) is 10.3 Å². The summed E-state index contributed by atoms with van der Waals surface area (Å²) < 4.78 is 28.9. The van der Waals surface area contributed by atoms with Crippen LogP contribution in [-0.2, 0) is 17.8 Å². The van der Waals surface area contributed by atoms with Gasteiger partial charge >= 0.3 is 0 Å². The number of amides is 1. The van der Waals surface area contributed by atoms with E-state index >= 15 is 0 Å². The van der Waals surface area contributed by atoms with E-state index < -0.39 is 23.2 Å². The molecular weight excluding hydrogens is 428 g/mol. The van der Waals surface area contributed by atoms with E-state index in [1.54, 1.807) is 24.0 Å². The van der Waals surface area contributed by atoms with Crippen LogP contribution in [0.3, 0.4) is 0 Å². The van der Waals surface area contributed by atoms with E-state index in [1.807, 2.05) is 0 Å². The van der Waals surface area contributed by atoms with Crippen LogP contribution >= 0.6 is 11.6 Å².